The second-order valence-electron chi connectivity index (χ2n) is 19.5. The summed E-state index contributed by atoms with van der Waals surface area (Å²) in [4.78, 5) is 40.8. The number of hydrogen-bond acceptors (Lipinski definition) is 8. The molecule has 362 valence electrons. The highest BCUT2D eigenvalue weighted by atomic mass is 14.8. The predicted octanol–water partition coefficient (Wildman–Crippen LogP) is 17.1. The van der Waals surface area contributed by atoms with Crippen molar-refractivity contribution in [2.24, 2.45) is 0 Å². The van der Waals surface area contributed by atoms with E-state index in [-0.39, 0.29) is 0 Å². The van der Waals surface area contributed by atoms with Gasteiger partial charge in [-0.3, -0.25) is 19.9 Å². The van der Waals surface area contributed by atoms with Gasteiger partial charge in [-0.2, -0.15) is 0 Å². The SMILES string of the molecule is c1cc(-c2cc(-c3cccnc3)c3ccc4c(-c5cccnc5)cc(-c5cccc6ccccc56)nc4c3n2)cc(-c2cc(-c3cccnc3)c3ccc4c(-c5cccnc5)cc(-c5cccc6ccccc56)nc4c3n2)c1. The lowest BCUT2D eigenvalue weighted by atomic mass is 9.93. The van der Waals surface area contributed by atoms with Gasteiger partial charge < -0.3 is 0 Å². The van der Waals surface area contributed by atoms with Gasteiger partial charge in [-0.05, 0) is 98.4 Å². The van der Waals surface area contributed by atoms with Gasteiger partial charge in [-0.1, -0.05) is 152 Å². The topological polar surface area (TPSA) is 103 Å². The zero-order valence-electron chi connectivity index (χ0n) is 41.8. The van der Waals surface area contributed by atoms with Gasteiger partial charge in [0.25, 0.3) is 0 Å². The van der Waals surface area contributed by atoms with Crippen molar-refractivity contribution in [2.45, 2.75) is 0 Å². The van der Waals surface area contributed by atoms with Crippen molar-refractivity contribution in [3.05, 3.63) is 256 Å². The van der Waals surface area contributed by atoms with Gasteiger partial charge in [-0.15, -0.1) is 0 Å². The summed E-state index contributed by atoms with van der Waals surface area (Å²) in [6, 6.07) is 72.1. The molecule has 0 saturated carbocycles. The molecule has 0 N–H and O–H groups in total. The summed E-state index contributed by atoms with van der Waals surface area (Å²) in [6.45, 7) is 0. The van der Waals surface area contributed by atoms with E-state index in [1.54, 1.807) is 0 Å². The average Bonchev–Trinajstić information content (AvgIpc) is 3.60. The van der Waals surface area contributed by atoms with Crippen LogP contribution in [-0.4, -0.2) is 39.9 Å². The first-order valence-electron chi connectivity index (χ1n) is 25.9. The molecule has 0 saturated heterocycles. The van der Waals surface area contributed by atoms with Gasteiger partial charge in [0.15, 0.2) is 0 Å². The summed E-state index contributed by atoms with van der Waals surface area (Å²) >= 11 is 0. The summed E-state index contributed by atoms with van der Waals surface area (Å²) in [7, 11) is 0. The molecule has 15 aromatic rings. The summed E-state index contributed by atoms with van der Waals surface area (Å²) < 4.78 is 0. The highest BCUT2D eigenvalue weighted by Gasteiger charge is 2.21. The minimum absolute atomic E-state index is 0.785. The molecule has 0 radical (unpaired) electrons. The van der Waals surface area contributed by atoms with E-state index in [0.29, 0.717) is 0 Å². The van der Waals surface area contributed by atoms with Gasteiger partial charge in [0.05, 0.1) is 44.8 Å². The fourth-order valence-corrected chi connectivity index (χ4v) is 11.3. The van der Waals surface area contributed by atoms with Crippen LogP contribution in [0.4, 0.5) is 0 Å². The Morgan fingerprint density at radius 2 is 0.513 bits per heavy atom. The predicted molar refractivity (Wildman–Crippen MR) is 317 cm³/mol. The smallest absolute Gasteiger partial charge is 0.0978 e. The van der Waals surface area contributed by atoms with Crippen LogP contribution in [0.1, 0.15) is 0 Å². The Labute approximate surface area is 448 Å². The minimum atomic E-state index is 0.785. The third-order valence-corrected chi connectivity index (χ3v) is 15.0. The average molecular weight is 995 g/mol. The second kappa shape index (κ2) is 18.6. The van der Waals surface area contributed by atoms with E-state index < -0.39 is 0 Å². The van der Waals surface area contributed by atoms with E-state index in [9.17, 15) is 0 Å². The maximum atomic E-state index is 5.64. The lowest BCUT2D eigenvalue weighted by molar-refractivity contribution is 1.32. The zero-order valence-corrected chi connectivity index (χ0v) is 41.8. The molecule has 8 nitrogen and oxygen atoms in total. The van der Waals surface area contributed by atoms with Crippen molar-refractivity contribution in [2.75, 3.05) is 0 Å². The largest absolute Gasteiger partial charge is 0.264 e. The van der Waals surface area contributed by atoms with E-state index in [1.165, 1.54) is 0 Å². The van der Waals surface area contributed by atoms with Crippen molar-refractivity contribution < 1.29 is 0 Å². The summed E-state index contributed by atoms with van der Waals surface area (Å²) in [5.74, 6) is 0. The van der Waals surface area contributed by atoms with E-state index in [0.717, 1.165) is 155 Å². The lowest BCUT2D eigenvalue weighted by Gasteiger charge is -2.17. The first kappa shape index (κ1) is 44.8. The van der Waals surface area contributed by atoms with Crippen LogP contribution in [0.15, 0.2) is 256 Å². The number of rotatable bonds is 8. The number of fused-ring (bicyclic) bond motifs is 8. The fraction of sp³-hybridized carbons (Fsp3) is 0. The Hall–Kier alpha value is -10.7. The van der Waals surface area contributed by atoms with Gasteiger partial charge in [0, 0.05) is 116 Å². The molecule has 7 aromatic carbocycles. The van der Waals surface area contributed by atoms with Crippen molar-refractivity contribution in [3.63, 3.8) is 0 Å². The first-order chi connectivity index (χ1) is 38.7. The minimum Gasteiger partial charge on any atom is -0.264 e. The van der Waals surface area contributed by atoms with Crippen LogP contribution in [0.5, 0.6) is 0 Å². The van der Waals surface area contributed by atoms with Crippen molar-refractivity contribution in [1.29, 1.82) is 0 Å². The van der Waals surface area contributed by atoms with Gasteiger partial charge in [0.1, 0.15) is 0 Å². The molecular formula is C70H42N8. The number of pyridine rings is 8. The summed E-state index contributed by atoms with van der Waals surface area (Å²) in [5, 5.41) is 8.46. The van der Waals surface area contributed by atoms with E-state index in [4.69, 9.17) is 19.9 Å². The molecule has 15 rings (SSSR count). The quantitative estimate of drug-likeness (QED) is 0.139. The van der Waals surface area contributed by atoms with Crippen LogP contribution >= 0.6 is 0 Å². The molecule has 0 aliphatic rings. The molecule has 8 heterocycles. The fourth-order valence-electron chi connectivity index (χ4n) is 11.3. The molecule has 0 amide bonds. The Bertz CT molecular complexity index is 4520. The third kappa shape index (κ3) is 7.70. The van der Waals surface area contributed by atoms with Crippen LogP contribution in [0, 0.1) is 0 Å². The van der Waals surface area contributed by atoms with Gasteiger partial charge >= 0.3 is 0 Å². The van der Waals surface area contributed by atoms with Crippen LogP contribution in [0.2, 0.25) is 0 Å². The van der Waals surface area contributed by atoms with E-state index in [1.807, 2.05) is 73.8 Å². The molecule has 0 bridgehead atoms. The number of aromatic nitrogens is 8. The molecule has 78 heavy (non-hydrogen) atoms. The second-order valence-corrected chi connectivity index (χ2v) is 19.5. The van der Waals surface area contributed by atoms with E-state index in [2.05, 4.69) is 202 Å². The summed E-state index contributed by atoms with van der Waals surface area (Å²) in [6.07, 6.45) is 14.9. The molecule has 0 unspecified atom stereocenters. The van der Waals surface area contributed by atoms with Crippen molar-refractivity contribution in [1.82, 2.24) is 39.9 Å². The van der Waals surface area contributed by atoms with Crippen LogP contribution in [-0.2, 0) is 0 Å². The van der Waals surface area contributed by atoms with Crippen molar-refractivity contribution >= 4 is 65.2 Å². The molecule has 0 aliphatic heterocycles. The molecule has 0 atom stereocenters. The Morgan fingerprint density at radius 3 is 0.872 bits per heavy atom. The number of hydrogen-bond donors (Lipinski definition) is 0. The third-order valence-electron chi connectivity index (χ3n) is 15.0. The van der Waals surface area contributed by atoms with Gasteiger partial charge in [0.2, 0.25) is 0 Å². The number of nitrogens with zero attached hydrogens (tertiary/aromatic N) is 8. The normalized spacial score (nSPS) is 11.6. The van der Waals surface area contributed by atoms with Crippen molar-refractivity contribution in [3.8, 4) is 89.5 Å². The van der Waals surface area contributed by atoms with Crippen LogP contribution in [0.3, 0.4) is 0 Å². The monoisotopic (exact) mass is 994 g/mol. The maximum absolute atomic E-state index is 5.64. The standard InChI is InChI=1S/C70H42N8/c1-3-22-51-43(12-1)14-6-24-53(51)65-37-61(49-20-10-32-73-41-49)57-28-26-55-59(47-18-8-30-71-39-47)35-63(75-67(55)69(57)77-65)45-16-5-17-46(34-45)64-36-60(48-19-9-31-72-40-48)56-27-29-58-62(50-21-11-33-74-42-50)38-66(78-70(58)68(56)76-64)54-25-7-15-44-13-2-4-23-52(44)54/h1-42H. The molecule has 0 fully saturated rings. The first-order valence-corrected chi connectivity index (χ1v) is 25.9. The molecular weight excluding hydrogens is 953 g/mol. The highest BCUT2D eigenvalue weighted by molar-refractivity contribution is 6.16. The Kier molecular flexibility index (Phi) is 10.7. The molecule has 0 aliphatic carbocycles. The lowest BCUT2D eigenvalue weighted by Crippen LogP contribution is -1.97. The molecule has 0 spiro atoms. The van der Waals surface area contributed by atoms with Crippen LogP contribution in [0.25, 0.3) is 155 Å². The Balaban J connectivity index is 0.974. The zero-order chi connectivity index (χ0) is 51.5. The van der Waals surface area contributed by atoms with E-state index >= 15 is 0 Å². The van der Waals surface area contributed by atoms with Gasteiger partial charge in [-0.25, -0.2) is 19.9 Å². The Morgan fingerprint density at radius 1 is 0.205 bits per heavy atom. The maximum Gasteiger partial charge on any atom is 0.0978 e. The van der Waals surface area contributed by atoms with Crippen LogP contribution < -0.4 is 0 Å². The molecule has 8 heteroatoms. The highest BCUT2D eigenvalue weighted by Crippen LogP contribution is 2.43. The molecule has 8 aromatic heterocycles. The number of benzene rings is 7. The summed E-state index contributed by atoms with van der Waals surface area (Å²) in [5.41, 5.74) is 18.4.